The van der Waals surface area contributed by atoms with Crippen molar-refractivity contribution in [3.63, 3.8) is 0 Å². The van der Waals surface area contributed by atoms with Crippen LogP contribution in [0.2, 0.25) is 0 Å². The first-order valence-electron chi connectivity index (χ1n) is 7.94. The molecule has 128 valence electrons. The number of nitrogens with zero attached hydrogens (tertiary/aromatic N) is 4. The summed E-state index contributed by atoms with van der Waals surface area (Å²) in [5.41, 5.74) is 1.95. The summed E-state index contributed by atoms with van der Waals surface area (Å²) in [5.74, 6) is 1.90. The third-order valence-electron chi connectivity index (χ3n) is 4.25. The van der Waals surface area contributed by atoms with Gasteiger partial charge in [0.2, 0.25) is 5.89 Å². The van der Waals surface area contributed by atoms with Gasteiger partial charge in [0.05, 0.1) is 18.7 Å². The highest BCUT2D eigenvalue weighted by atomic mass is 16.5. The number of benzene rings is 1. The SMILES string of the molecule is COc1ccccc1-c1cc(C(=O)N2CC(c3nc(C)no3)C2)[nH]n1. The van der Waals surface area contributed by atoms with E-state index < -0.39 is 0 Å². The molecule has 3 aromatic rings. The van der Waals surface area contributed by atoms with Gasteiger partial charge in [0, 0.05) is 18.7 Å². The minimum absolute atomic E-state index is 0.0962. The third kappa shape index (κ3) is 2.75. The molecule has 1 saturated heterocycles. The molecule has 0 unspecified atom stereocenters. The number of carbonyl (C=O) groups is 1. The Morgan fingerprint density at radius 1 is 1.36 bits per heavy atom. The van der Waals surface area contributed by atoms with Crippen LogP contribution in [0.4, 0.5) is 0 Å². The molecule has 0 radical (unpaired) electrons. The van der Waals surface area contributed by atoms with Gasteiger partial charge in [-0.05, 0) is 25.1 Å². The summed E-state index contributed by atoms with van der Waals surface area (Å²) in [5, 5.41) is 10.8. The monoisotopic (exact) mass is 339 g/mol. The van der Waals surface area contributed by atoms with Crippen LogP contribution in [0.15, 0.2) is 34.9 Å². The van der Waals surface area contributed by atoms with Crippen molar-refractivity contribution in [1.82, 2.24) is 25.2 Å². The number of aromatic amines is 1. The molecule has 8 nitrogen and oxygen atoms in total. The van der Waals surface area contributed by atoms with E-state index in [2.05, 4.69) is 20.3 Å². The quantitative estimate of drug-likeness (QED) is 0.781. The summed E-state index contributed by atoms with van der Waals surface area (Å²) in [6.07, 6.45) is 0. The Balaban J connectivity index is 1.47. The Morgan fingerprint density at radius 2 is 2.16 bits per heavy atom. The molecular formula is C17H17N5O3. The molecular weight excluding hydrogens is 322 g/mol. The van der Waals surface area contributed by atoms with Gasteiger partial charge >= 0.3 is 0 Å². The number of likely N-dealkylation sites (tertiary alicyclic amines) is 1. The van der Waals surface area contributed by atoms with Crippen LogP contribution >= 0.6 is 0 Å². The summed E-state index contributed by atoms with van der Waals surface area (Å²) >= 11 is 0. The lowest BCUT2D eigenvalue weighted by molar-refractivity contribution is 0.0563. The van der Waals surface area contributed by atoms with E-state index in [1.165, 1.54) is 0 Å². The lowest BCUT2D eigenvalue weighted by Crippen LogP contribution is -2.48. The summed E-state index contributed by atoms with van der Waals surface area (Å²) in [7, 11) is 1.61. The Hall–Kier alpha value is -3.16. The van der Waals surface area contributed by atoms with Crippen molar-refractivity contribution >= 4 is 5.91 Å². The van der Waals surface area contributed by atoms with Crippen molar-refractivity contribution in [1.29, 1.82) is 0 Å². The van der Waals surface area contributed by atoms with Crippen molar-refractivity contribution < 1.29 is 14.1 Å². The van der Waals surface area contributed by atoms with Crippen LogP contribution in [0.1, 0.15) is 28.1 Å². The molecule has 3 heterocycles. The first kappa shape index (κ1) is 15.4. The number of aromatic nitrogens is 4. The van der Waals surface area contributed by atoms with Crippen molar-refractivity contribution in [2.24, 2.45) is 0 Å². The van der Waals surface area contributed by atoms with E-state index in [9.17, 15) is 4.79 Å². The highest BCUT2D eigenvalue weighted by Crippen LogP contribution is 2.30. The first-order valence-corrected chi connectivity index (χ1v) is 7.94. The van der Waals surface area contributed by atoms with E-state index in [4.69, 9.17) is 9.26 Å². The van der Waals surface area contributed by atoms with Gasteiger partial charge in [-0.3, -0.25) is 9.89 Å². The van der Waals surface area contributed by atoms with Gasteiger partial charge in [0.25, 0.3) is 5.91 Å². The van der Waals surface area contributed by atoms with E-state index >= 15 is 0 Å². The number of H-pyrrole nitrogens is 1. The maximum Gasteiger partial charge on any atom is 0.271 e. The molecule has 8 heteroatoms. The van der Waals surface area contributed by atoms with Crippen LogP contribution in [0.25, 0.3) is 11.3 Å². The molecule has 0 saturated carbocycles. The fourth-order valence-corrected chi connectivity index (χ4v) is 2.88. The Morgan fingerprint density at radius 3 is 2.88 bits per heavy atom. The number of para-hydroxylation sites is 1. The number of carbonyl (C=O) groups excluding carboxylic acids is 1. The number of hydrogen-bond acceptors (Lipinski definition) is 6. The van der Waals surface area contributed by atoms with Crippen LogP contribution in [0.5, 0.6) is 5.75 Å². The molecule has 25 heavy (non-hydrogen) atoms. The summed E-state index contributed by atoms with van der Waals surface area (Å²) < 4.78 is 10.5. The highest BCUT2D eigenvalue weighted by molar-refractivity contribution is 5.94. The van der Waals surface area contributed by atoms with Crippen LogP contribution in [-0.2, 0) is 0 Å². The van der Waals surface area contributed by atoms with Gasteiger partial charge in [0.15, 0.2) is 5.82 Å². The van der Waals surface area contributed by atoms with Gasteiger partial charge in [-0.25, -0.2) is 0 Å². The molecule has 0 spiro atoms. The van der Waals surface area contributed by atoms with Crippen LogP contribution in [0, 0.1) is 6.92 Å². The number of nitrogens with one attached hydrogen (secondary N) is 1. The van der Waals surface area contributed by atoms with Crippen molar-refractivity contribution in [3.05, 3.63) is 47.7 Å². The zero-order valence-corrected chi connectivity index (χ0v) is 13.9. The summed E-state index contributed by atoms with van der Waals surface area (Å²) in [6.45, 7) is 2.89. The molecule has 1 fully saturated rings. The first-order chi connectivity index (χ1) is 12.2. The number of aryl methyl sites for hydroxylation is 1. The normalized spacial score (nSPS) is 14.4. The van der Waals surface area contributed by atoms with E-state index in [0.717, 1.165) is 5.56 Å². The molecule has 1 aliphatic rings. The molecule has 4 rings (SSSR count). The fourth-order valence-electron chi connectivity index (χ4n) is 2.88. The Kier molecular flexibility index (Phi) is 3.72. The van der Waals surface area contributed by atoms with Gasteiger partial charge in [-0.1, -0.05) is 17.3 Å². The molecule has 0 aliphatic carbocycles. The summed E-state index contributed by atoms with van der Waals surface area (Å²) in [4.78, 5) is 18.5. The molecule has 2 aromatic heterocycles. The number of ether oxygens (including phenoxy) is 1. The maximum absolute atomic E-state index is 12.6. The maximum atomic E-state index is 12.6. The molecule has 0 atom stereocenters. The largest absolute Gasteiger partial charge is 0.496 e. The fraction of sp³-hybridized carbons (Fsp3) is 0.294. The summed E-state index contributed by atoms with van der Waals surface area (Å²) in [6, 6.07) is 9.30. The van der Waals surface area contributed by atoms with E-state index in [0.29, 0.717) is 41.9 Å². The van der Waals surface area contributed by atoms with Gasteiger partial charge in [0.1, 0.15) is 11.4 Å². The zero-order valence-electron chi connectivity index (χ0n) is 13.9. The van der Waals surface area contributed by atoms with Gasteiger partial charge in [-0.15, -0.1) is 0 Å². The van der Waals surface area contributed by atoms with E-state index in [1.54, 1.807) is 25.0 Å². The molecule has 1 amide bonds. The lowest BCUT2D eigenvalue weighted by atomic mass is 9.99. The lowest BCUT2D eigenvalue weighted by Gasteiger charge is -2.36. The average Bonchev–Trinajstić information content (AvgIpc) is 3.23. The van der Waals surface area contributed by atoms with Gasteiger partial charge in [-0.2, -0.15) is 10.1 Å². The number of rotatable bonds is 4. The smallest absolute Gasteiger partial charge is 0.271 e. The van der Waals surface area contributed by atoms with Crippen LogP contribution in [-0.4, -0.2) is 51.3 Å². The second-order valence-corrected chi connectivity index (χ2v) is 5.95. The predicted molar refractivity (Wildman–Crippen MR) is 88.3 cm³/mol. The zero-order chi connectivity index (χ0) is 17.4. The van der Waals surface area contributed by atoms with Gasteiger partial charge < -0.3 is 14.2 Å². The highest BCUT2D eigenvalue weighted by Gasteiger charge is 2.36. The Labute approximate surface area is 143 Å². The van der Waals surface area contributed by atoms with E-state index in [1.807, 2.05) is 24.3 Å². The minimum atomic E-state index is -0.0962. The second-order valence-electron chi connectivity index (χ2n) is 5.95. The predicted octanol–water partition coefficient (Wildman–Crippen LogP) is 2.02. The average molecular weight is 339 g/mol. The topological polar surface area (TPSA) is 97.1 Å². The second kappa shape index (κ2) is 6.04. The minimum Gasteiger partial charge on any atom is -0.496 e. The molecule has 1 N–H and O–H groups in total. The van der Waals surface area contributed by atoms with Crippen LogP contribution < -0.4 is 4.74 Å². The van der Waals surface area contributed by atoms with Crippen molar-refractivity contribution in [3.8, 4) is 17.0 Å². The Bertz CT molecular complexity index is 910. The standard InChI is InChI=1S/C17H17N5O3/c1-10-18-16(25-21-10)11-8-22(9-11)17(23)14-7-13(19-20-14)12-5-3-4-6-15(12)24-2/h3-7,11H,8-9H2,1-2H3,(H,19,20). The van der Waals surface area contributed by atoms with Crippen molar-refractivity contribution in [2.75, 3.05) is 20.2 Å². The van der Waals surface area contributed by atoms with Crippen LogP contribution in [0.3, 0.4) is 0 Å². The molecule has 1 aliphatic heterocycles. The molecule has 0 bridgehead atoms. The number of methoxy groups -OCH3 is 1. The van der Waals surface area contributed by atoms with Crippen molar-refractivity contribution in [2.45, 2.75) is 12.8 Å². The third-order valence-corrected chi connectivity index (χ3v) is 4.25. The number of amides is 1. The number of hydrogen-bond donors (Lipinski definition) is 1. The molecule has 1 aromatic carbocycles. The van der Waals surface area contributed by atoms with E-state index in [-0.39, 0.29) is 11.8 Å².